The van der Waals surface area contributed by atoms with Gasteiger partial charge in [-0.05, 0) is 32.0 Å². The molecular weight excluding hydrogens is 282 g/mol. The Bertz CT molecular complexity index is 429. The largest absolute Gasteiger partial charge is 0.478 e. The molecule has 0 saturated carbocycles. The second-order valence-electron chi connectivity index (χ2n) is 4.04. The molecule has 0 unspecified atom stereocenters. The van der Waals surface area contributed by atoms with Crippen LogP contribution in [0.15, 0.2) is 35.3 Å². The van der Waals surface area contributed by atoms with Crippen LogP contribution < -0.4 is 4.90 Å². The number of anilines is 1. The summed E-state index contributed by atoms with van der Waals surface area (Å²) < 4.78 is 0.766. The molecule has 0 amide bonds. The Balaban J connectivity index is 3.18. The van der Waals surface area contributed by atoms with E-state index in [1.165, 1.54) is 0 Å². The minimum Gasteiger partial charge on any atom is -0.478 e. The first kappa shape index (κ1) is 13.8. The van der Waals surface area contributed by atoms with Crippen LogP contribution in [0.1, 0.15) is 24.2 Å². The van der Waals surface area contributed by atoms with Gasteiger partial charge < -0.3 is 10.0 Å². The lowest BCUT2D eigenvalue weighted by Gasteiger charge is -2.28. The van der Waals surface area contributed by atoms with E-state index in [9.17, 15) is 4.79 Å². The number of aromatic carboxylic acids is 1. The van der Waals surface area contributed by atoms with Crippen LogP contribution in [0.25, 0.3) is 0 Å². The number of carboxylic acids is 1. The molecule has 92 valence electrons. The van der Waals surface area contributed by atoms with Crippen molar-refractivity contribution < 1.29 is 9.90 Å². The number of nitrogens with zero attached hydrogens (tertiary/aromatic N) is 1. The van der Waals surface area contributed by atoms with Crippen LogP contribution >= 0.6 is 15.9 Å². The van der Waals surface area contributed by atoms with Crippen LogP contribution in [0.2, 0.25) is 0 Å². The molecule has 0 bridgehead atoms. The van der Waals surface area contributed by atoms with Gasteiger partial charge in [-0.1, -0.05) is 22.0 Å². The lowest BCUT2D eigenvalue weighted by Crippen LogP contribution is -2.30. The lowest BCUT2D eigenvalue weighted by molar-refractivity contribution is 0.0697. The van der Waals surface area contributed by atoms with Crippen molar-refractivity contribution in [1.82, 2.24) is 0 Å². The number of rotatable bonds is 5. The van der Waals surface area contributed by atoms with Gasteiger partial charge in [0.05, 0.1) is 5.56 Å². The Kier molecular flexibility index (Phi) is 4.75. The van der Waals surface area contributed by atoms with Gasteiger partial charge in [0.25, 0.3) is 0 Å². The number of halogens is 1. The number of benzene rings is 1. The number of hydrogen-bond acceptors (Lipinski definition) is 2. The Labute approximate surface area is 110 Å². The van der Waals surface area contributed by atoms with Gasteiger partial charge >= 0.3 is 5.97 Å². The third-order valence-corrected chi connectivity index (χ3v) is 2.87. The fourth-order valence-corrected chi connectivity index (χ4v) is 2.10. The van der Waals surface area contributed by atoms with E-state index >= 15 is 0 Å². The van der Waals surface area contributed by atoms with Crippen molar-refractivity contribution in [2.45, 2.75) is 19.9 Å². The molecular formula is C13H16BrNO2. The summed E-state index contributed by atoms with van der Waals surface area (Å²) in [5.41, 5.74) is 1.16. The summed E-state index contributed by atoms with van der Waals surface area (Å²) in [6.07, 6.45) is 1.81. The minimum absolute atomic E-state index is 0.281. The number of carboxylic acid groups (broad SMARTS) is 1. The molecule has 0 aliphatic heterocycles. The maximum Gasteiger partial charge on any atom is 0.335 e. The highest BCUT2D eigenvalue weighted by Crippen LogP contribution is 2.24. The van der Waals surface area contributed by atoms with E-state index in [0.29, 0.717) is 6.54 Å². The first-order chi connectivity index (χ1) is 7.95. The van der Waals surface area contributed by atoms with Gasteiger partial charge in [-0.3, -0.25) is 0 Å². The zero-order valence-electron chi connectivity index (χ0n) is 9.98. The van der Waals surface area contributed by atoms with E-state index in [1.807, 2.05) is 6.07 Å². The molecule has 1 N–H and O–H groups in total. The van der Waals surface area contributed by atoms with Crippen molar-refractivity contribution in [1.29, 1.82) is 0 Å². The van der Waals surface area contributed by atoms with Gasteiger partial charge in [-0.2, -0.15) is 0 Å². The quantitative estimate of drug-likeness (QED) is 0.845. The SMILES string of the molecule is C=CCN(c1cc(Br)cc(C(=O)O)c1)C(C)C. The summed E-state index contributed by atoms with van der Waals surface area (Å²) in [6.45, 7) is 8.53. The summed E-state index contributed by atoms with van der Waals surface area (Å²) in [7, 11) is 0. The fourth-order valence-electron chi connectivity index (χ4n) is 1.62. The van der Waals surface area contributed by atoms with Crippen LogP contribution in [-0.4, -0.2) is 23.7 Å². The molecule has 0 atom stereocenters. The summed E-state index contributed by atoms with van der Waals surface area (Å²) in [5, 5.41) is 9.02. The first-order valence-electron chi connectivity index (χ1n) is 5.37. The lowest BCUT2D eigenvalue weighted by atomic mass is 10.1. The molecule has 0 saturated heterocycles. The molecule has 1 rings (SSSR count). The van der Waals surface area contributed by atoms with Crippen molar-refractivity contribution in [3.63, 3.8) is 0 Å². The van der Waals surface area contributed by atoms with Crippen molar-refractivity contribution >= 4 is 27.6 Å². The highest BCUT2D eigenvalue weighted by Gasteiger charge is 2.13. The van der Waals surface area contributed by atoms with Gasteiger partial charge in [0.1, 0.15) is 0 Å². The van der Waals surface area contributed by atoms with Gasteiger partial charge in [0.2, 0.25) is 0 Å². The molecule has 0 radical (unpaired) electrons. The van der Waals surface area contributed by atoms with Crippen molar-refractivity contribution in [2.75, 3.05) is 11.4 Å². The molecule has 0 aliphatic rings. The summed E-state index contributed by atoms with van der Waals surface area (Å²) in [5.74, 6) is -0.921. The van der Waals surface area contributed by atoms with Crippen molar-refractivity contribution in [3.8, 4) is 0 Å². The monoisotopic (exact) mass is 297 g/mol. The van der Waals surface area contributed by atoms with E-state index in [2.05, 4.69) is 41.3 Å². The Morgan fingerprint density at radius 2 is 2.18 bits per heavy atom. The summed E-state index contributed by atoms with van der Waals surface area (Å²) in [4.78, 5) is 13.1. The molecule has 1 aromatic carbocycles. The van der Waals surface area contributed by atoms with E-state index in [-0.39, 0.29) is 11.6 Å². The van der Waals surface area contributed by atoms with Crippen LogP contribution in [0, 0.1) is 0 Å². The van der Waals surface area contributed by atoms with Crippen LogP contribution in [0.5, 0.6) is 0 Å². The smallest absolute Gasteiger partial charge is 0.335 e. The first-order valence-corrected chi connectivity index (χ1v) is 6.16. The molecule has 1 aromatic rings. The highest BCUT2D eigenvalue weighted by molar-refractivity contribution is 9.10. The molecule has 0 heterocycles. The van der Waals surface area contributed by atoms with Crippen LogP contribution in [0.4, 0.5) is 5.69 Å². The Morgan fingerprint density at radius 3 is 2.65 bits per heavy atom. The van der Waals surface area contributed by atoms with E-state index in [1.54, 1.807) is 18.2 Å². The van der Waals surface area contributed by atoms with E-state index in [4.69, 9.17) is 5.11 Å². The average molecular weight is 298 g/mol. The zero-order chi connectivity index (χ0) is 13.0. The highest BCUT2D eigenvalue weighted by atomic mass is 79.9. The standard InChI is InChI=1S/C13H16BrNO2/c1-4-5-15(9(2)3)12-7-10(13(16)17)6-11(14)8-12/h4,6-9H,1,5H2,2-3H3,(H,16,17). The molecule has 0 aromatic heterocycles. The summed E-state index contributed by atoms with van der Waals surface area (Å²) in [6, 6.07) is 5.47. The second-order valence-corrected chi connectivity index (χ2v) is 4.95. The van der Waals surface area contributed by atoms with Crippen LogP contribution in [-0.2, 0) is 0 Å². The normalized spacial score (nSPS) is 10.4. The average Bonchev–Trinajstić information content (AvgIpc) is 2.24. The number of hydrogen-bond donors (Lipinski definition) is 1. The van der Waals surface area contributed by atoms with E-state index < -0.39 is 5.97 Å². The summed E-state index contributed by atoms with van der Waals surface area (Å²) >= 11 is 3.33. The number of carbonyl (C=O) groups is 1. The maximum atomic E-state index is 11.0. The van der Waals surface area contributed by atoms with E-state index in [0.717, 1.165) is 10.2 Å². The predicted octanol–water partition coefficient (Wildman–Crippen LogP) is 3.55. The molecule has 0 spiro atoms. The third kappa shape index (κ3) is 3.60. The maximum absolute atomic E-state index is 11.0. The molecule has 4 heteroatoms. The van der Waals surface area contributed by atoms with Crippen molar-refractivity contribution in [2.24, 2.45) is 0 Å². The Morgan fingerprint density at radius 1 is 1.53 bits per heavy atom. The topological polar surface area (TPSA) is 40.5 Å². The molecule has 17 heavy (non-hydrogen) atoms. The van der Waals surface area contributed by atoms with Gasteiger partial charge in [-0.15, -0.1) is 6.58 Å². The zero-order valence-corrected chi connectivity index (χ0v) is 11.6. The van der Waals surface area contributed by atoms with Crippen molar-refractivity contribution in [3.05, 3.63) is 40.9 Å². The van der Waals surface area contributed by atoms with Gasteiger partial charge in [0, 0.05) is 22.7 Å². The molecule has 0 fully saturated rings. The van der Waals surface area contributed by atoms with Gasteiger partial charge in [-0.25, -0.2) is 4.79 Å². The van der Waals surface area contributed by atoms with Crippen LogP contribution in [0.3, 0.4) is 0 Å². The van der Waals surface area contributed by atoms with Gasteiger partial charge in [0.15, 0.2) is 0 Å². The fraction of sp³-hybridized carbons (Fsp3) is 0.308. The predicted molar refractivity (Wildman–Crippen MR) is 73.8 cm³/mol. The third-order valence-electron chi connectivity index (χ3n) is 2.41. The molecule has 3 nitrogen and oxygen atoms in total. The second kappa shape index (κ2) is 5.87. The Hall–Kier alpha value is -1.29. The molecule has 0 aliphatic carbocycles. The minimum atomic E-state index is -0.921.